The van der Waals surface area contributed by atoms with E-state index in [0.29, 0.717) is 22.3 Å². The molecular weight excluding hydrogens is 338 g/mol. The summed E-state index contributed by atoms with van der Waals surface area (Å²) in [6.07, 6.45) is 3.27. The number of rotatable bonds is 6. The van der Waals surface area contributed by atoms with Gasteiger partial charge in [-0.2, -0.15) is 0 Å². The minimum Gasteiger partial charge on any atom is -0.305 e. The standard InChI is InChI=1S/C14H14ClN5O2S/c1-2-7-20-9-16-19-14(20)23-8-12(21)17-18-13(22)10-3-5-11(15)6-4-10/h2-6,9H,1,7-8H2,(H,17,21)(H,18,22). The van der Waals surface area contributed by atoms with E-state index in [9.17, 15) is 9.59 Å². The van der Waals surface area contributed by atoms with Crippen LogP contribution < -0.4 is 10.9 Å². The number of carbonyl (C=O) groups excluding carboxylic acids is 2. The van der Waals surface area contributed by atoms with Crippen LogP contribution in [0.4, 0.5) is 0 Å². The summed E-state index contributed by atoms with van der Waals surface area (Å²) < 4.78 is 1.76. The summed E-state index contributed by atoms with van der Waals surface area (Å²) >= 11 is 6.96. The number of hydrazine groups is 1. The van der Waals surface area contributed by atoms with E-state index in [0.717, 1.165) is 0 Å². The van der Waals surface area contributed by atoms with Gasteiger partial charge in [0.25, 0.3) is 5.91 Å². The predicted octanol–water partition coefficient (Wildman–Crippen LogP) is 1.67. The number of allylic oxidation sites excluding steroid dienone is 1. The summed E-state index contributed by atoms with van der Waals surface area (Å²) in [5.74, 6) is -0.684. The molecule has 23 heavy (non-hydrogen) atoms. The van der Waals surface area contributed by atoms with Crippen molar-refractivity contribution >= 4 is 35.2 Å². The monoisotopic (exact) mass is 351 g/mol. The van der Waals surface area contributed by atoms with E-state index < -0.39 is 5.91 Å². The third-order valence-electron chi connectivity index (χ3n) is 2.66. The highest BCUT2D eigenvalue weighted by atomic mass is 35.5. The predicted molar refractivity (Wildman–Crippen MR) is 88.0 cm³/mol. The van der Waals surface area contributed by atoms with E-state index in [-0.39, 0.29) is 11.7 Å². The Morgan fingerprint density at radius 2 is 2.04 bits per heavy atom. The van der Waals surface area contributed by atoms with E-state index in [2.05, 4.69) is 27.6 Å². The van der Waals surface area contributed by atoms with E-state index in [4.69, 9.17) is 11.6 Å². The van der Waals surface area contributed by atoms with Crippen molar-refractivity contribution in [2.24, 2.45) is 0 Å². The molecule has 1 aromatic heterocycles. The van der Waals surface area contributed by atoms with Crippen molar-refractivity contribution in [1.29, 1.82) is 0 Å². The summed E-state index contributed by atoms with van der Waals surface area (Å²) in [5, 5.41) is 8.81. The Morgan fingerprint density at radius 3 is 2.74 bits per heavy atom. The molecule has 0 fully saturated rings. The van der Waals surface area contributed by atoms with Gasteiger partial charge in [0.05, 0.1) is 5.75 Å². The Labute approximate surface area is 142 Å². The summed E-state index contributed by atoms with van der Waals surface area (Å²) in [7, 11) is 0. The molecule has 2 N–H and O–H groups in total. The molecule has 2 rings (SSSR count). The summed E-state index contributed by atoms with van der Waals surface area (Å²) in [5.41, 5.74) is 5.07. The molecule has 0 saturated heterocycles. The van der Waals surface area contributed by atoms with Crippen LogP contribution in [0.3, 0.4) is 0 Å². The highest BCUT2D eigenvalue weighted by molar-refractivity contribution is 7.99. The number of aromatic nitrogens is 3. The lowest BCUT2D eigenvalue weighted by molar-refractivity contribution is -0.119. The van der Waals surface area contributed by atoms with Crippen LogP contribution in [0.5, 0.6) is 0 Å². The first-order valence-corrected chi connectivity index (χ1v) is 7.92. The van der Waals surface area contributed by atoms with Crippen molar-refractivity contribution < 1.29 is 9.59 Å². The normalized spacial score (nSPS) is 10.1. The van der Waals surface area contributed by atoms with Crippen LogP contribution in [0, 0.1) is 0 Å². The second-order valence-corrected chi connectivity index (χ2v) is 5.73. The van der Waals surface area contributed by atoms with Gasteiger partial charge in [0, 0.05) is 17.1 Å². The second-order valence-electron chi connectivity index (χ2n) is 4.35. The van der Waals surface area contributed by atoms with Gasteiger partial charge in [-0.15, -0.1) is 16.8 Å². The minimum atomic E-state index is -0.421. The molecule has 0 aliphatic carbocycles. The molecule has 0 aliphatic rings. The zero-order chi connectivity index (χ0) is 16.7. The fourth-order valence-electron chi connectivity index (χ4n) is 1.59. The van der Waals surface area contributed by atoms with Gasteiger partial charge in [0.15, 0.2) is 5.16 Å². The van der Waals surface area contributed by atoms with E-state index in [1.165, 1.54) is 11.8 Å². The topological polar surface area (TPSA) is 88.9 Å². The Morgan fingerprint density at radius 1 is 1.30 bits per heavy atom. The van der Waals surface area contributed by atoms with E-state index >= 15 is 0 Å². The Bertz CT molecular complexity index is 701. The third-order valence-corrected chi connectivity index (χ3v) is 3.89. The molecule has 1 heterocycles. The van der Waals surface area contributed by atoms with Crippen molar-refractivity contribution in [3.8, 4) is 0 Å². The molecule has 9 heteroatoms. The molecule has 7 nitrogen and oxygen atoms in total. The number of hydrogen-bond donors (Lipinski definition) is 2. The SMILES string of the molecule is C=CCn1cnnc1SCC(=O)NNC(=O)c1ccc(Cl)cc1. The lowest BCUT2D eigenvalue weighted by Crippen LogP contribution is -2.42. The maximum atomic E-state index is 11.8. The fraction of sp³-hybridized carbons (Fsp3) is 0.143. The van der Waals surface area contributed by atoms with Gasteiger partial charge < -0.3 is 4.57 Å². The summed E-state index contributed by atoms with van der Waals surface area (Å²) in [6, 6.07) is 6.33. The van der Waals surface area contributed by atoms with Crippen molar-refractivity contribution in [2.45, 2.75) is 11.7 Å². The maximum Gasteiger partial charge on any atom is 0.269 e. The molecule has 0 atom stereocenters. The van der Waals surface area contributed by atoms with Crippen molar-refractivity contribution in [3.63, 3.8) is 0 Å². The summed E-state index contributed by atoms with van der Waals surface area (Å²) in [4.78, 5) is 23.6. The van der Waals surface area contributed by atoms with Gasteiger partial charge in [-0.3, -0.25) is 20.4 Å². The molecule has 2 aromatic rings. The van der Waals surface area contributed by atoms with E-state index in [1.54, 1.807) is 41.2 Å². The smallest absolute Gasteiger partial charge is 0.269 e. The first-order chi connectivity index (χ1) is 11.1. The lowest BCUT2D eigenvalue weighted by Gasteiger charge is -2.07. The molecule has 0 aliphatic heterocycles. The molecule has 2 amide bonds. The van der Waals surface area contributed by atoms with Crippen LogP contribution in [-0.4, -0.2) is 32.3 Å². The van der Waals surface area contributed by atoms with Gasteiger partial charge in [0.2, 0.25) is 5.91 Å². The molecule has 0 radical (unpaired) electrons. The first kappa shape index (κ1) is 17.0. The van der Waals surface area contributed by atoms with Crippen molar-refractivity contribution in [2.75, 3.05) is 5.75 Å². The van der Waals surface area contributed by atoms with Crippen LogP contribution in [0.15, 0.2) is 48.4 Å². The van der Waals surface area contributed by atoms with Crippen LogP contribution in [-0.2, 0) is 11.3 Å². The fourth-order valence-corrected chi connectivity index (χ4v) is 2.44. The Kier molecular flexibility index (Phi) is 6.19. The van der Waals surface area contributed by atoms with Crippen LogP contribution in [0.1, 0.15) is 10.4 Å². The molecule has 1 aromatic carbocycles. The largest absolute Gasteiger partial charge is 0.305 e. The number of halogens is 1. The van der Waals surface area contributed by atoms with Crippen LogP contribution in [0.2, 0.25) is 5.02 Å². The number of benzene rings is 1. The summed E-state index contributed by atoms with van der Waals surface area (Å²) in [6.45, 7) is 4.19. The van der Waals surface area contributed by atoms with Gasteiger partial charge in [-0.1, -0.05) is 29.4 Å². The maximum absolute atomic E-state index is 11.8. The Balaban J connectivity index is 1.78. The van der Waals surface area contributed by atoms with Crippen molar-refractivity contribution in [1.82, 2.24) is 25.6 Å². The molecule has 0 saturated carbocycles. The lowest BCUT2D eigenvalue weighted by atomic mass is 10.2. The van der Waals surface area contributed by atoms with Crippen LogP contribution in [0.25, 0.3) is 0 Å². The number of thioether (sulfide) groups is 1. The number of nitrogens with zero attached hydrogens (tertiary/aromatic N) is 3. The highest BCUT2D eigenvalue weighted by Gasteiger charge is 2.10. The third kappa shape index (κ3) is 5.11. The van der Waals surface area contributed by atoms with Crippen LogP contribution >= 0.6 is 23.4 Å². The van der Waals surface area contributed by atoms with Gasteiger partial charge in [-0.05, 0) is 24.3 Å². The minimum absolute atomic E-state index is 0.0940. The van der Waals surface area contributed by atoms with Gasteiger partial charge in [-0.25, -0.2) is 0 Å². The number of hydrogen-bond acceptors (Lipinski definition) is 5. The molecule has 0 spiro atoms. The van der Waals surface area contributed by atoms with Crippen molar-refractivity contribution in [3.05, 3.63) is 53.8 Å². The average molecular weight is 352 g/mol. The second kappa shape index (κ2) is 8.35. The van der Waals surface area contributed by atoms with Gasteiger partial charge in [0.1, 0.15) is 6.33 Å². The van der Waals surface area contributed by atoms with E-state index in [1.807, 2.05) is 0 Å². The molecule has 120 valence electrons. The quantitative estimate of drug-likeness (QED) is 0.469. The molecule has 0 unspecified atom stereocenters. The molecular formula is C14H14ClN5O2S. The van der Waals surface area contributed by atoms with Gasteiger partial charge >= 0.3 is 0 Å². The molecule has 0 bridgehead atoms. The number of nitrogens with one attached hydrogen (secondary N) is 2. The number of carbonyl (C=O) groups is 2. The average Bonchev–Trinajstić information content (AvgIpc) is 2.99. The zero-order valence-corrected chi connectivity index (χ0v) is 13.6. The highest BCUT2D eigenvalue weighted by Crippen LogP contribution is 2.14. The number of amides is 2. The Hall–Kier alpha value is -2.32. The first-order valence-electron chi connectivity index (χ1n) is 6.56. The zero-order valence-electron chi connectivity index (χ0n) is 12.0.